The number of nitrogens with one attached hydrogen (secondary N) is 1. The molecule has 2 fully saturated rings. The zero-order valence-electron chi connectivity index (χ0n) is 20.6. The van der Waals surface area contributed by atoms with Gasteiger partial charge in [0, 0.05) is 37.7 Å². The molecule has 0 bridgehead atoms. The van der Waals surface area contributed by atoms with Crippen molar-refractivity contribution in [2.24, 2.45) is 0 Å². The van der Waals surface area contributed by atoms with Gasteiger partial charge in [-0.2, -0.15) is 26.3 Å². The van der Waals surface area contributed by atoms with Crippen molar-refractivity contribution >= 4 is 53.9 Å². The van der Waals surface area contributed by atoms with Gasteiger partial charge in [0.1, 0.15) is 0 Å². The summed E-state index contributed by atoms with van der Waals surface area (Å²) in [5, 5.41) is 3.97. The van der Waals surface area contributed by atoms with E-state index in [0.717, 1.165) is 31.5 Å². The van der Waals surface area contributed by atoms with Crippen molar-refractivity contribution in [1.29, 1.82) is 0 Å². The third-order valence-electron chi connectivity index (χ3n) is 7.17. The molecule has 0 aliphatic carbocycles. The largest absolute Gasteiger partial charge is 0.416 e. The standard InChI is InChI=1S/C25H25Cl2F6N3O.2ClH/c1-35(23(37)15-8-16(24(28,29)30)11-17(9-15)25(31,32)33)22-13-36(18-4-6-34-7-5-18)12-19(22)14-2-3-20(26)21(27)10-14;;/h2-3,8-11,18-19,22,34H,4-7,12-13H2,1H3;2*1H. The molecule has 0 saturated carbocycles. The Bertz CT molecular complexity index is 1130. The summed E-state index contributed by atoms with van der Waals surface area (Å²) in [6, 6.07) is 5.80. The fraction of sp³-hybridized carbons (Fsp3) is 0.480. The third-order valence-corrected chi connectivity index (χ3v) is 7.91. The number of likely N-dealkylation sites (tertiary alicyclic amines) is 1. The van der Waals surface area contributed by atoms with Crippen molar-refractivity contribution < 1.29 is 31.1 Å². The highest BCUT2D eigenvalue weighted by Crippen LogP contribution is 2.39. The Morgan fingerprint density at radius 1 is 0.897 bits per heavy atom. The summed E-state index contributed by atoms with van der Waals surface area (Å²) in [7, 11) is 1.41. The number of hydrogen-bond acceptors (Lipinski definition) is 3. The number of hydrogen-bond donors (Lipinski definition) is 1. The van der Waals surface area contributed by atoms with Gasteiger partial charge in [0.2, 0.25) is 0 Å². The average molecular weight is 641 g/mol. The summed E-state index contributed by atoms with van der Waals surface area (Å²) in [5.74, 6) is -1.19. The van der Waals surface area contributed by atoms with Crippen LogP contribution in [-0.4, -0.2) is 61.0 Å². The zero-order chi connectivity index (χ0) is 27.1. The minimum atomic E-state index is -5.05. The Morgan fingerprint density at radius 2 is 1.46 bits per heavy atom. The molecule has 39 heavy (non-hydrogen) atoms. The highest BCUT2D eigenvalue weighted by atomic mass is 35.5. The van der Waals surface area contributed by atoms with E-state index in [1.807, 2.05) is 0 Å². The van der Waals surface area contributed by atoms with Gasteiger partial charge in [0.25, 0.3) is 5.91 Å². The molecule has 2 aliphatic heterocycles. The lowest BCUT2D eigenvalue weighted by Gasteiger charge is -2.32. The maximum absolute atomic E-state index is 13.4. The number of halogens is 10. The van der Waals surface area contributed by atoms with Gasteiger partial charge in [-0.15, -0.1) is 24.8 Å². The highest BCUT2D eigenvalue weighted by molar-refractivity contribution is 6.42. The molecule has 1 amide bonds. The lowest BCUT2D eigenvalue weighted by atomic mass is 9.93. The van der Waals surface area contributed by atoms with Gasteiger partial charge in [-0.3, -0.25) is 9.69 Å². The van der Waals surface area contributed by atoms with Crippen LogP contribution in [0.1, 0.15) is 45.8 Å². The molecule has 2 saturated heterocycles. The molecule has 14 heteroatoms. The van der Waals surface area contributed by atoms with Crippen LogP contribution in [-0.2, 0) is 12.4 Å². The van der Waals surface area contributed by atoms with E-state index >= 15 is 0 Å². The van der Waals surface area contributed by atoms with E-state index in [-0.39, 0.29) is 42.8 Å². The first-order valence-corrected chi connectivity index (χ1v) is 12.5. The zero-order valence-corrected chi connectivity index (χ0v) is 23.7. The first-order chi connectivity index (χ1) is 17.3. The van der Waals surface area contributed by atoms with Crippen molar-refractivity contribution in [3.05, 3.63) is 68.7 Å². The predicted molar refractivity (Wildman–Crippen MR) is 143 cm³/mol. The second kappa shape index (κ2) is 13.0. The topological polar surface area (TPSA) is 35.6 Å². The van der Waals surface area contributed by atoms with Crippen LogP contribution in [0.2, 0.25) is 10.0 Å². The Hall–Kier alpha value is -1.43. The minimum Gasteiger partial charge on any atom is -0.337 e. The number of alkyl halides is 6. The summed E-state index contributed by atoms with van der Waals surface area (Å²) in [6.07, 6.45) is -8.31. The number of amides is 1. The summed E-state index contributed by atoms with van der Waals surface area (Å²) >= 11 is 12.3. The second-order valence-electron chi connectivity index (χ2n) is 9.49. The Balaban J connectivity index is 0.00000267. The van der Waals surface area contributed by atoms with Crippen LogP contribution < -0.4 is 5.32 Å². The molecule has 218 valence electrons. The average Bonchev–Trinajstić information content (AvgIpc) is 3.29. The number of likely N-dealkylation sites (N-methyl/N-ethyl adjacent to an activating group) is 1. The molecule has 0 aromatic heterocycles. The van der Waals surface area contributed by atoms with E-state index in [0.29, 0.717) is 35.3 Å². The monoisotopic (exact) mass is 639 g/mol. The van der Waals surface area contributed by atoms with Crippen LogP contribution in [0, 0.1) is 0 Å². The van der Waals surface area contributed by atoms with Crippen molar-refractivity contribution in [1.82, 2.24) is 15.1 Å². The van der Waals surface area contributed by atoms with E-state index in [1.165, 1.54) is 11.9 Å². The van der Waals surface area contributed by atoms with E-state index in [4.69, 9.17) is 23.2 Å². The minimum absolute atomic E-state index is 0. The molecule has 2 aliphatic rings. The predicted octanol–water partition coefficient (Wildman–Crippen LogP) is 7.17. The smallest absolute Gasteiger partial charge is 0.337 e. The molecule has 4 rings (SSSR count). The Kier molecular flexibility index (Phi) is 11.3. The third kappa shape index (κ3) is 7.65. The van der Waals surface area contributed by atoms with Gasteiger partial charge in [0.05, 0.1) is 27.2 Å². The Labute approximate surface area is 244 Å². The number of piperidine rings is 1. The molecular weight excluding hydrogens is 614 g/mol. The SMILES string of the molecule is CN(C(=O)c1cc(C(F)(F)F)cc(C(F)(F)F)c1)C1CN(C2CCNCC2)CC1c1ccc(Cl)c(Cl)c1.Cl.Cl. The lowest BCUT2D eigenvalue weighted by Crippen LogP contribution is -2.45. The second-order valence-corrected chi connectivity index (χ2v) is 10.3. The van der Waals surface area contributed by atoms with Crippen LogP contribution in [0.15, 0.2) is 36.4 Å². The molecule has 4 nitrogen and oxygen atoms in total. The maximum atomic E-state index is 13.4. The normalized spacial score (nSPS) is 20.7. The van der Waals surface area contributed by atoms with Crippen LogP contribution in [0.3, 0.4) is 0 Å². The fourth-order valence-electron chi connectivity index (χ4n) is 5.18. The summed E-state index contributed by atoms with van der Waals surface area (Å²) in [6.45, 7) is 2.65. The summed E-state index contributed by atoms with van der Waals surface area (Å²) in [5.41, 5.74) is -2.93. The van der Waals surface area contributed by atoms with E-state index in [1.54, 1.807) is 18.2 Å². The fourth-order valence-corrected chi connectivity index (χ4v) is 5.49. The highest BCUT2D eigenvalue weighted by Gasteiger charge is 2.42. The number of carbonyl (C=O) groups excluding carboxylic acids is 1. The molecule has 2 aromatic rings. The van der Waals surface area contributed by atoms with Crippen molar-refractivity contribution in [2.45, 2.75) is 43.2 Å². The van der Waals surface area contributed by atoms with Gasteiger partial charge in [0.15, 0.2) is 0 Å². The van der Waals surface area contributed by atoms with E-state index in [2.05, 4.69) is 10.2 Å². The van der Waals surface area contributed by atoms with Gasteiger partial charge in [-0.25, -0.2) is 0 Å². The van der Waals surface area contributed by atoms with Crippen molar-refractivity contribution in [3.63, 3.8) is 0 Å². The number of benzene rings is 2. The summed E-state index contributed by atoms with van der Waals surface area (Å²) in [4.78, 5) is 16.9. The van der Waals surface area contributed by atoms with E-state index in [9.17, 15) is 31.1 Å². The molecule has 2 atom stereocenters. The lowest BCUT2D eigenvalue weighted by molar-refractivity contribution is -0.143. The molecule has 2 unspecified atom stereocenters. The van der Waals surface area contributed by atoms with E-state index < -0.39 is 41.0 Å². The number of nitrogens with zero attached hydrogens (tertiary/aromatic N) is 2. The number of rotatable bonds is 4. The molecule has 1 N–H and O–H groups in total. The van der Waals surface area contributed by atoms with Crippen LogP contribution in [0.25, 0.3) is 0 Å². The van der Waals surface area contributed by atoms with Gasteiger partial charge in [-0.1, -0.05) is 29.3 Å². The number of carbonyl (C=O) groups is 1. The van der Waals surface area contributed by atoms with Gasteiger partial charge >= 0.3 is 12.4 Å². The molecule has 0 spiro atoms. The Morgan fingerprint density at radius 3 is 1.97 bits per heavy atom. The quantitative estimate of drug-likeness (QED) is 0.360. The first kappa shape index (κ1) is 33.8. The van der Waals surface area contributed by atoms with Gasteiger partial charge in [-0.05, 0) is 61.8 Å². The summed E-state index contributed by atoms with van der Waals surface area (Å²) < 4.78 is 80.3. The van der Waals surface area contributed by atoms with Crippen molar-refractivity contribution in [2.75, 3.05) is 33.2 Å². The maximum Gasteiger partial charge on any atom is 0.416 e. The molecule has 2 heterocycles. The molecule has 2 aromatic carbocycles. The van der Waals surface area contributed by atoms with Crippen LogP contribution in [0.4, 0.5) is 26.3 Å². The molecular formula is C25H27Cl4F6N3O. The van der Waals surface area contributed by atoms with Crippen LogP contribution in [0.5, 0.6) is 0 Å². The van der Waals surface area contributed by atoms with Gasteiger partial charge < -0.3 is 10.2 Å². The first-order valence-electron chi connectivity index (χ1n) is 11.7. The molecule has 0 radical (unpaired) electrons. The van der Waals surface area contributed by atoms with Crippen molar-refractivity contribution in [3.8, 4) is 0 Å². The van der Waals surface area contributed by atoms with Crippen LogP contribution >= 0.6 is 48.0 Å².